The first-order chi connectivity index (χ1) is 9.68. The smallest absolute Gasteiger partial charge is 0.123 e. The highest BCUT2D eigenvalue weighted by Gasteiger charge is 2.44. The molecular formula is C17H24N2O. The second-order valence-electron chi connectivity index (χ2n) is 6.95. The Balaban J connectivity index is 1.64. The Morgan fingerprint density at radius 2 is 2.05 bits per heavy atom. The van der Waals surface area contributed by atoms with Gasteiger partial charge < -0.3 is 15.0 Å². The SMILES string of the molecule is CN(C)C1CCC2(CC1)COc1cc3c(cc12)NCC3. The number of hydrogen-bond donors (Lipinski definition) is 1. The number of nitrogens with one attached hydrogen (secondary N) is 1. The summed E-state index contributed by atoms with van der Waals surface area (Å²) >= 11 is 0. The van der Waals surface area contributed by atoms with Gasteiger partial charge in [-0.25, -0.2) is 0 Å². The Morgan fingerprint density at radius 1 is 1.25 bits per heavy atom. The highest BCUT2D eigenvalue weighted by atomic mass is 16.5. The fraction of sp³-hybridized carbons (Fsp3) is 0.647. The molecule has 1 fully saturated rings. The zero-order valence-corrected chi connectivity index (χ0v) is 12.5. The quantitative estimate of drug-likeness (QED) is 0.851. The number of hydrogen-bond acceptors (Lipinski definition) is 3. The van der Waals surface area contributed by atoms with Gasteiger partial charge in [-0.15, -0.1) is 0 Å². The average molecular weight is 272 g/mol. The van der Waals surface area contributed by atoms with Gasteiger partial charge in [-0.1, -0.05) is 0 Å². The molecule has 4 rings (SSSR count). The van der Waals surface area contributed by atoms with E-state index in [9.17, 15) is 0 Å². The Hall–Kier alpha value is -1.22. The Bertz CT molecular complexity index is 530. The summed E-state index contributed by atoms with van der Waals surface area (Å²) < 4.78 is 6.07. The Labute approximate surface area is 121 Å². The van der Waals surface area contributed by atoms with E-state index in [0.717, 1.165) is 31.4 Å². The van der Waals surface area contributed by atoms with E-state index < -0.39 is 0 Å². The molecule has 1 aromatic rings. The Morgan fingerprint density at radius 3 is 2.80 bits per heavy atom. The molecule has 1 aromatic carbocycles. The minimum absolute atomic E-state index is 0.293. The van der Waals surface area contributed by atoms with Crippen molar-refractivity contribution in [2.24, 2.45) is 0 Å². The molecule has 2 heterocycles. The molecule has 1 N–H and O–H groups in total. The first-order valence-corrected chi connectivity index (χ1v) is 7.88. The van der Waals surface area contributed by atoms with Crippen molar-refractivity contribution >= 4 is 5.69 Å². The van der Waals surface area contributed by atoms with Gasteiger partial charge in [0.25, 0.3) is 0 Å². The molecule has 0 aromatic heterocycles. The standard InChI is InChI=1S/C17H24N2O/c1-19(2)13-3-6-17(7-4-13)11-20-16-9-12-5-8-18-15(12)10-14(16)17/h9-10,13,18H,3-8,11H2,1-2H3. The van der Waals surface area contributed by atoms with Gasteiger partial charge >= 0.3 is 0 Å². The maximum Gasteiger partial charge on any atom is 0.123 e. The van der Waals surface area contributed by atoms with Gasteiger partial charge in [0.05, 0.1) is 6.61 Å². The predicted molar refractivity (Wildman–Crippen MR) is 81.8 cm³/mol. The van der Waals surface area contributed by atoms with Crippen molar-refractivity contribution in [3.05, 3.63) is 23.3 Å². The molecule has 1 aliphatic carbocycles. The first-order valence-electron chi connectivity index (χ1n) is 7.88. The lowest BCUT2D eigenvalue weighted by Gasteiger charge is -2.38. The number of fused-ring (bicyclic) bond motifs is 3. The van der Waals surface area contributed by atoms with Crippen LogP contribution in [0.15, 0.2) is 12.1 Å². The van der Waals surface area contributed by atoms with Crippen LogP contribution in [0.5, 0.6) is 5.75 Å². The average Bonchev–Trinajstić information content (AvgIpc) is 3.03. The molecular weight excluding hydrogens is 248 g/mol. The summed E-state index contributed by atoms with van der Waals surface area (Å²) in [5.41, 5.74) is 4.55. The minimum atomic E-state index is 0.293. The third-order valence-corrected chi connectivity index (χ3v) is 5.63. The molecule has 1 spiro atoms. The molecule has 0 radical (unpaired) electrons. The molecule has 0 amide bonds. The van der Waals surface area contributed by atoms with Gasteiger partial charge in [0, 0.05) is 29.3 Å². The van der Waals surface area contributed by atoms with E-state index in [2.05, 4.69) is 36.4 Å². The molecule has 0 unspecified atom stereocenters. The van der Waals surface area contributed by atoms with Crippen molar-refractivity contribution in [2.75, 3.05) is 32.6 Å². The largest absolute Gasteiger partial charge is 0.492 e. The third kappa shape index (κ3) is 1.76. The molecule has 1 saturated carbocycles. The lowest BCUT2D eigenvalue weighted by molar-refractivity contribution is 0.147. The predicted octanol–water partition coefficient (Wildman–Crippen LogP) is 2.79. The van der Waals surface area contributed by atoms with Crippen LogP contribution in [0.4, 0.5) is 5.69 Å². The third-order valence-electron chi connectivity index (χ3n) is 5.63. The number of benzene rings is 1. The minimum Gasteiger partial charge on any atom is -0.492 e. The van der Waals surface area contributed by atoms with Crippen molar-refractivity contribution in [1.82, 2.24) is 4.90 Å². The molecule has 3 heteroatoms. The summed E-state index contributed by atoms with van der Waals surface area (Å²) in [7, 11) is 4.41. The van der Waals surface area contributed by atoms with Crippen LogP contribution in [0, 0.1) is 0 Å². The molecule has 0 saturated heterocycles. The molecule has 108 valence electrons. The van der Waals surface area contributed by atoms with Crippen LogP contribution >= 0.6 is 0 Å². The zero-order chi connectivity index (χ0) is 13.7. The van der Waals surface area contributed by atoms with Crippen molar-refractivity contribution in [3.8, 4) is 5.75 Å². The molecule has 0 bridgehead atoms. The number of rotatable bonds is 1. The highest BCUT2D eigenvalue weighted by molar-refractivity contribution is 5.63. The molecule has 3 nitrogen and oxygen atoms in total. The van der Waals surface area contributed by atoms with Crippen molar-refractivity contribution in [1.29, 1.82) is 0 Å². The van der Waals surface area contributed by atoms with E-state index in [4.69, 9.17) is 4.74 Å². The zero-order valence-electron chi connectivity index (χ0n) is 12.5. The van der Waals surface area contributed by atoms with Crippen LogP contribution in [-0.4, -0.2) is 38.2 Å². The maximum absolute atomic E-state index is 6.07. The first kappa shape index (κ1) is 12.5. The second kappa shape index (κ2) is 4.39. The van der Waals surface area contributed by atoms with Crippen molar-refractivity contribution in [2.45, 2.75) is 43.6 Å². The van der Waals surface area contributed by atoms with E-state index in [-0.39, 0.29) is 0 Å². The molecule has 2 aliphatic heterocycles. The van der Waals surface area contributed by atoms with Gasteiger partial charge in [0.2, 0.25) is 0 Å². The topological polar surface area (TPSA) is 24.5 Å². The van der Waals surface area contributed by atoms with Crippen molar-refractivity contribution in [3.63, 3.8) is 0 Å². The van der Waals surface area contributed by atoms with Crippen LogP contribution < -0.4 is 10.1 Å². The van der Waals surface area contributed by atoms with Gasteiger partial charge in [0.1, 0.15) is 5.75 Å². The number of nitrogens with zero attached hydrogens (tertiary/aromatic N) is 1. The Kier molecular flexibility index (Phi) is 2.75. The van der Waals surface area contributed by atoms with Gasteiger partial charge in [-0.2, -0.15) is 0 Å². The van der Waals surface area contributed by atoms with Crippen LogP contribution in [0.2, 0.25) is 0 Å². The fourth-order valence-corrected chi connectivity index (χ4v) is 4.24. The number of anilines is 1. The second-order valence-corrected chi connectivity index (χ2v) is 6.95. The van der Waals surface area contributed by atoms with E-state index in [1.807, 2.05) is 0 Å². The normalized spacial score (nSPS) is 31.1. The van der Waals surface area contributed by atoms with E-state index in [0.29, 0.717) is 5.41 Å². The molecule has 20 heavy (non-hydrogen) atoms. The lowest BCUT2D eigenvalue weighted by Crippen LogP contribution is -2.40. The van der Waals surface area contributed by atoms with Gasteiger partial charge in [-0.3, -0.25) is 0 Å². The van der Waals surface area contributed by atoms with E-state index in [1.165, 1.54) is 42.5 Å². The van der Waals surface area contributed by atoms with Gasteiger partial charge in [-0.05, 0) is 63.9 Å². The monoisotopic (exact) mass is 272 g/mol. The van der Waals surface area contributed by atoms with Crippen LogP contribution in [0.1, 0.15) is 36.8 Å². The summed E-state index contributed by atoms with van der Waals surface area (Å²) in [6.07, 6.45) is 6.26. The summed E-state index contributed by atoms with van der Waals surface area (Å²) in [6.45, 7) is 1.97. The van der Waals surface area contributed by atoms with Crippen molar-refractivity contribution < 1.29 is 4.74 Å². The lowest BCUT2D eigenvalue weighted by atomic mass is 9.69. The molecule has 3 aliphatic rings. The van der Waals surface area contributed by atoms with E-state index >= 15 is 0 Å². The summed E-state index contributed by atoms with van der Waals surface area (Å²) in [5.74, 6) is 1.16. The maximum atomic E-state index is 6.07. The van der Waals surface area contributed by atoms with E-state index in [1.54, 1.807) is 0 Å². The highest BCUT2D eigenvalue weighted by Crippen LogP contribution is 2.50. The summed E-state index contributed by atoms with van der Waals surface area (Å²) in [4.78, 5) is 2.38. The van der Waals surface area contributed by atoms with Crippen LogP contribution in [0.25, 0.3) is 0 Å². The van der Waals surface area contributed by atoms with Gasteiger partial charge in [0.15, 0.2) is 0 Å². The number of ether oxygens (including phenoxy) is 1. The van der Waals surface area contributed by atoms with Crippen LogP contribution in [-0.2, 0) is 11.8 Å². The van der Waals surface area contributed by atoms with Crippen LogP contribution in [0.3, 0.4) is 0 Å². The molecule has 0 atom stereocenters. The fourth-order valence-electron chi connectivity index (χ4n) is 4.24. The summed E-state index contributed by atoms with van der Waals surface area (Å²) in [5, 5.41) is 3.52. The summed E-state index contributed by atoms with van der Waals surface area (Å²) in [6, 6.07) is 5.43.